The minimum atomic E-state index is -1.06. The van der Waals surface area contributed by atoms with E-state index in [-0.39, 0.29) is 18.9 Å². The van der Waals surface area contributed by atoms with E-state index < -0.39 is 19.1 Å². The number of carbonyl (C=O) groups is 2. The quantitative estimate of drug-likeness (QED) is 0.752. The standard InChI is InChI=1S/C13H13BFNO4/c1-16-8-12(17)19-14(20-13(18)9-16)7-6-10-2-4-11(15)5-3-10/h2-7H,8-9H2,1H3/b7-6-. The largest absolute Gasteiger partial charge is 0.628 e. The highest BCUT2D eigenvalue weighted by Gasteiger charge is 2.29. The topological polar surface area (TPSA) is 55.8 Å². The van der Waals surface area contributed by atoms with Crippen LogP contribution in [-0.4, -0.2) is 44.1 Å². The second-order valence-corrected chi connectivity index (χ2v) is 4.43. The van der Waals surface area contributed by atoms with Gasteiger partial charge in [-0.25, -0.2) is 4.39 Å². The Hall–Kier alpha value is -2.15. The van der Waals surface area contributed by atoms with Gasteiger partial charge in [0.05, 0.1) is 13.1 Å². The molecule has 0 N–H and O–H groups in total. The normalized spacial score (nSPS) is 17.6. The van der Waals surface area contributed by atoms with E-state index in [9.17, 15) is 14.0 Å². The van der Waals surface area contributed by atoms with Crippen LogP contribution in [-0.2, 0) is 18.9 Å². The Morgan fingerprint density at radius 3 is 2.25 bits per heavy atom. The van der Waals surface area contributed by atoms with Crippen LogP contribution in [0.25, 0.3) is 6.08 Å². The lowest BCUT2D eigenvalue weighted by atomic mass is 9.88. The fourth-order valence-corrected chi connectivity index (χ4v) is 1.70. The molecule has 0 radical (unpaired) electrons. The summed E-state index contributed by atoms with van der Waals surface area (Å²) in [4.78, 5) is 24.5. The Labute approximate surface area is 116 Å². The maximum atomic E-state index is 12.8. The van der Waals surface area contributed by atoms with E-state index in [4.69, 9.17) is 9.31 Å². The van der Waals surface area contributed by atoms with E-state index in [1.807, 2.05) is 0 Å². The molecule has 0 atom stereocenters. The second-order valence-electron chi connectivity index (χ2n) is 4.43. The molecule has 0 bridgehead atoms. The smallest absolute Gasteiger partial charge is 0.495 e. The van der Waals surface area contributed by atoms with Crippen molar-refractivity contribution in [1.29, 1.82) is 0 Å². The van der Waals surface area contributed by atoms with E-state index in [1.165, 1.54) is 23.0 Å². The number of nitrogens with zero attached hydrogens (tertiary/aromatic N) is 1. The number of carbonyl (C=O) groups excluding carboxylic acids is 2. The SMILES string of the molecule is CN1CC(=O)OB(/C=C\c2ccc(F)cc2)OC(=O)C1. The molecular weight excluding hydrogens is 264 g/mol. The number of hydrogen-bond donors (Lipinski definition) is 0. The molecular formula is C13H13BFNO4. The maximum Gasteiger partial charge on any atom is 0.628 e. The monoisotopic (exact) mass is 277 g/mol. The summed E-state index contributed by atoms with van der Waals surface area (Å²) in [6.45, 7) is 0.0476. The van der Waals surface area contributed by atoms with Gasteiger partial charge in [-0.3, -0.25) is 14.5 Å². The van der Waals surface area contributed by atoms with Gasteiger partial charge in [0.25, 0.3) is 0 Å². The zero-order chi connectivity index (χ0) is 14.5. The molecule has 0 spiro atoms. The highest BCUT2D eigenvalue weighted by Crippen LogP contribution is 2.07. The molecule has 0 unspecified atom stereocenters. The van der Waals surface area contributed by atoms with Crippen LogP contribution >= 0.6 is 0 Å². The van der Waals surface area contributed by atoms with Crippen LogP contribution in [0.15, 0.2) is 30.2 Å². The third-order valence-electron chi connectivity index (χ3n) is 2.61. The van der Waals surface area contributed by atoms with Crippen LogP contribution in [0.1, 0.15) is 5.56 Å². The van der Waals surface area contributed by atoms with E-state index in [2.05, 4.69) is 0 Å². The van der Waals surface area contributed by atoms with Gasteiger partial charge in [0.15, 0.2) is 0 Å². The third-order valence-corrected chi connectivity index (χ3v) is 2.61. The molecule has 2 rings (SSSR count). The Kier molecular flexibility index (Phi) is 4.52. The molecule has 1 aromatic rings. The zero-order valence-electron chi connectivity index (χ0n) is 10.9. The minimum Gasteiger partial charge on any atom is -0.495 e. The summed E-state index contributed by atoms with van der Waals surface area (Å²) in [6.07, 6.45) is 1.59. The van der Waals surface area contributed by atoms with Crippen LogP contribution in [0.4, 0.5) is 4.39 Å². The molecule has 1 aromatic carbocycles. The summed E-state index contributed by atoms with van der Waals surface area (Å²) in [5, 5.41) is 0. The van der Waals surface area contributed by atoms with Crippen molar-refractivity contribution < 1.29 is 23.3 Å². The van der Waals surface area contributed by atoms with Gasteiger partial charge in [-0.15, -0.1) is 0 Å². The van der Waals surface area contributed by atoms with Gasteiger partial charge in [0, 0.05) is 0 Å². The van der Waals surface area contributed by atoms with Gasteiger partial charge in [-0.1, -0.05) is 18.2 Å². The molecule has 20 heavy (non-hydrogen) atoms. The molecule has 5 nitrogen and oxygen atoms in total. The molecule has 1 aliphatic rings. The van der Waals surface area contributed by atoms with Gasteiger partial charge < -0.3 is 9.31 Å². The summed E-state index contributed by atoms with van der Waals surface area (Å²) in [7, 11) is 0.561. The number of rotatable bonds is 2. The van der Waals surface area contributed by atoms with Gasteiger partial charge in [0.1, 0.15) is 5.82 Å². The van der Waals surface area contributed by atoms with Crippen molar-refractivity contribution in [3.05, 3.63) is 41.6 Å². The summed E-state index contributed by atoms with van der Waals surface area (Å²) in [5.41, 5.74) is 0.706. The number of likely N-dealkylation sites (N-methyl/N-ethyl adjacent to an activating group) is 1. The van der Waals surface area contributed by atoms with Crippen molar-refractivity contribution in [2.24, 2.45) is 0 Å². The zero-order valence-corrected chi connectivity index (χ0v) is 10.9. The first-order chi connectivity index (χ1) is 9.52. The van der Waals surface area contributed by atoms with Crippen molar-refractivity contribution in [2.45, 2.75) is 0 Å². The lowest BCUT2D eigenvalue weighted by molar-refractivity contribution is -0.145. The van der Waals surface area contributed by atoms with Crippen molar-refractivity contribution in [1.82, 2.24) is 4.90 Å². The molecule has 104 valence electrons. The summed E-state index contributed by atoms with van der Waals surface area (Å²) >= 11 is 0. The van der Waals surface area contributed by atoms with Crippen LogP contribution in [0.2, 0.25) is 0 Å². The first kappa shape index (κ1) is 14.3. The van der Waals surface area contributed by atoms with Crippen molar-refractivity contribution in [3.8, 4) is 0 Å². The number of benzene rings is 1. The van der Waals surface area contributed by atoms with E-state index >= 15 is 0 Å². The average Bonchev–Trinajstić information content (AvgIpc) is 2.35. The van der Waals surface area contributed by atoms with Crippen LogP contribution in [0, 0.1) is 5.82 Å². The number of halogens is 1. The Balaban J connectivity index is 2.04. The Bertz CT molecular complexity index is 512. The lowest BCUT2D eigenvalue weighted by Crippen LogP contribution is -2.41. The first-order valence-corrected chi connectivity index (χ1v) is 6.04. The molecule has 0 aliphatic carbocycles. The molecule has 0 saturated carbocycles. The second kappa shape index (κ2) is 6.34. The predicted octanol–water partition coefficient (Wildman–Crippen LogP) is 0.898. The highest BCUT2D eigenvalue weighted by atomic mass is 19.1. The first-order valence-electron chi connectivity index (χ1n) is 6.04. The van der Waals surface area contributed by atoms with Crippen molar-refractivity contribution in [2.75, 3.05) is 20.1 Å². The molecule has 0 aromatic heterocycles. The highest BCUT2D eigenvalue weighted by molar-refractivity contribution is 6.55. The molecule has 1 saturated heterocycles. The fourth-order valence-electron chi connectivity index (χ4n) is 1.70. The molecule has 1 aliphatic heterocycles. The van der Waals surface area contributed by atoms with Gasteiger partial charge >= 0.3 is 19.1 Å². The number of hydrogen-bond acceptors (Lipinski definition) is 5. The Morgan fingerprint density at radius 2 is 1.70 bits per heavy atom. The fraction of sp³-hybridized carbons (Fsp3) is 0.231. The van der Waals surface area contributed by atoms with E-state index in [1.54, 1.807) is 25.3 Å². The molecule has 1 fully saturated rings. The lowest BCUT2D eigenvalue weighted by Gasteiger charge is -2.21. The summed E-state index contributed by atoms with van der Waals surface area (Å²) in [5.74, 6) is 0.144. The van der Waals surface area contributed by atoms with Gasteiger partial charge in [-0.2, -0.15) is 0 Å². The van der Waals surface area contributed by atoms with Gasteiger partial charge in [0.2, 0.25) is 0 Å². The molecule has 1 heterocycles. The van der Waals surface area contributed by atoms with Gasteiger partial charge in [-0.05, 0) is 30.7 Å². The van der Waals surface area contributed by atoms with Crippen LogP contribution < -0.4 is 0 Å². The predicted molar refractivity (Wildman–Crippen MR) is 70.9 cm³/mol. The van der Waals surface area contributed by atoms with Crippen LogP contribution in [0.5, 0.6) is 0 Å². The van der Waals surface area contributed by atoms with E-state index in [0.29, 0.717) is 5.56 Å². The third kappa shape index (κ3) is 4.20. The minimum absolute atomic E-state index is 0.0238. The Morgan fingerprint density at radius 1 is 1.15 bits per heavy atom. The van der Waals surface area contributed by atoms with Crippen molar-refractivity contribution in [3.63, 3.8) is 0 Å². The summed E-state index contributed by atoms with van der Waals surface area (Å²) in [6, 6.07) is 5.74. The van der Waals surface area contributed by atoms with E-state index in [0.717, 1.165) is 0 Å². The molecule has 0 amide bonds. The van der Waals surface area contributed by atoms with Crippen molar-refractivity contribution >= 4 is 25.1 Å². The average molecular weight is 277 g/mol. The molecule has 7 heteroatoms. The maximum absolute atomic E-state index is 12.8. The summed E-state index contributed by atoms with van der Waals surface area (Å²) < 4.78 is 22.7. The van der Waals surface area contributed by atoms with Crippen LogP contribution in [0.3, 0.4) is 0 Å².